The molecule has 0 aliphatic heterocycles. The van der Waals surface area contributed by atoms with Crippen molar-refractivity contribution in [3.8, 4) is 0 Å². The van der Waals surface area contributed by atoms with Crippen molar-refractivity contribution in [2.45, 2.75) is 13.0 Å². The maximum absolute atomic E-state index is 11.9. The van der Waals surface area contributed by atoms with Gasteiger partial charge in [-0.2, -0.15) is 0 Å². The number of nitrogens with one attached hydrogen (secondary N) is 1. The second-order valence-electron chi connectivity index (χ2n) is 4.88. The van der Waals surface area contributed by atoms with E-state index < -0.39 is 0 Å². The first-order valence-electron chi connectivity index (χ1n) is 6.28. The number of nitrogens with zero attached hydrogens (tertiary/aromatic N) is 2. The van der Waals surface area contributed by atoms with Gasteiger partial charge in [-0.25, -0.2) is 0 Å². The van der Waals surface area contributed by atoms with Gasteiger partial charge < -0.3 is 10.2 Å². The van der Waals surface area contributed by atoms with E-state index in [1.165, 1.54) is 4.90 Å². The molecule has 1 N–H and O–H groups in total. The predicted octanol–water partition coefficient (Wildman–Crippen LogP) is 1.69. The zero-order valence-electron chi connectivity index (χ0n) is 12.2. The van der Waals surface area contributed by atoms with E-state index >= 15 is 0 Å². The molecule has 110 valence electrons. The largest absolute Gasteiger partial charge is 0.347 e. The fourth-order valence-electron chi connectivity index (χ4n) is 1.66. The van der Waals surface area contributed by atoms with Crippen molar-refractivity contribution < 1.29 is 9.59 Å². The number of halogens is 1. The molecule has 0 radical (unpaired) electrons. The maximum Gasteiger partial charge on any atom is 0.239 e. The van der Waals surface area contributed by atoms with Gasteiger partial charge in [-0.05, 0) is 38.2 Å². The Bertz CT molecular complexity index is 474. The highest BCUT2D eigenvalue weighted by atomic mass is 35.5. The summed E-state index contributed by atoms with van der Waals surface area (Å²) < 4.78 is 0. The molecule has 5 nitrogen and oxygen atoms in total. The molecule has 0 unspecified atom stereocenters. The number of hydrogen-bond donors (Lipinski definition) is 1. The molecular weight excluding hydrogens is 278 g/mol. The Hall–Kier alpha value is -1.59. The Kier molecular flexibility index (Phi) is 5.98. The highest BCUT2D eigenvalue weighted by Crippen LogP contribution is 2.13. The highest BCUT2D eigenvalue weighted by molar-refractivity contribution is 6.30. The van der Waals surface area contributed by atoms with Gasteiger partial charge in [0.05, 0.1) is 12.6 Å². The van der Waals surface area contributed by atoms with Gasteiger partial charge in [-0.1, -0.05) is 11.6 Å². The van der Waals surface area contributed by atoms with E-state index in [0.29, 0.717) is 10.7 Å². The summed E-state index contributed by atoms with van der Waals surface area (Å²) in [6, 6.07) is 6.53. The van der Waals surface area contributed by atoms with Crippen LogP contribution in [0.2, 0.25) is 5.02 Å². The van der Waals surface area contributed by atoms with E-state index in [-0.39, 0.29) is 24.4 Å². The first-order valence-corrected chi connectivity index (χ1v) is 6.66. The van der Waals surface area contributed by atoms with Crippen molar-refractivity contribution in [2.75, 3.05) is 33.0 Å². The first-order chi connectivity index (χ1) is 9.31. The van der Waals surface area contributed by atoms with Gasteiger partial charge >= 0.3 is 0 Å². The Labute approximate surface area is 124 Å². The molecule has 0 aliphatic carbocycles. The normalized spacial score (nSPS) is 12.1. The first kappa shape index (κ1) is 16.5. The molecule has 2 amide bonds. The molecular formula is C14H20ClN3O2. The van der Waals surface area contributed by atoms with Gasteiger partial charge in [-0.15, -0.1) is 0 Å². The average Bonchev–Trinajstić information content (AvgIpc) is 2.39. The van der Waals surface area contributed by atoms with Crippen LogP contribution >= 0.6 is 11.6 Å². The highest BCUT2D eigenvalue weighted by Gasteiger charge is 2.21. The fraction of sp³-hybridized carbons (Fsp3) is 0.429. The van der Waals surface area contributed by atoms with Crippen molar-refractivity contribution in [3.05, 3.63) is 29.3 Å². The van der Waals surface area contributed by atoms with Gasteiger partial charge in [0.25, 0.3) is 0 Å². The van der Waals surface area contributed by atoms with Crippen molar-refractivity contribution in [1.29, 1.82) is 0 Å². The zero-order chi connectivity index (χ0) is 15.3. The summed E-state index contributed by atoms with van der Waals surface area (Å²) in [5.41, 5.74) is 0.680. The SMILES string of the molecule is C[C@H](C(=O)N(C)C)N(C)CC(=O)Nc1ccc(Cl)cc1. The number of carbonyl (C=O) groups is 2. The van der Waals surface area contributed by atoms with E-state index in [4.69, 9.17) is 11.6 Å². The fourth-order valence-corrected chi connectivity index (χ4v) is 1.79. The van der Waals surface area contributed by atoms with Crippen LogP contribution in [0.5, 0.6) is 0 Å². The molecule has 0 saturated carbocycles. The summed E-state index contributed by atoms with van der Waals surface area (Å²) in [4.78, 5) is 26.9. The molecule has 0 bridgehead atoms. The summed E-state index contributed by atoms with van der Waals surface area (Å²) in [5, 5.41) is 3.37. The lowest BCUT2D eigenvalue weighted by molar-refractivity contribution is -0.133. The van der Waals surface area contributed by atoms with Gasteiger partial charge in [0, 0.05) is 24.8 Å². The number of rotatable bonds is 5. The van der Waals surface area contributed by atoms with Crippen LogP contribution in [-0.2, 0) is 9.59 Å². The number of amides is 2. The zero-order valence-corrected chi connectivity index (χ0v) is 12.9. The molecule has 1 aromatic rings. The molecule has 0 spiro atoms. The van der Waals surface area contributed by atoms with Crippen LogP contribution in [0.1, 0.15) is 6.92 Å². The van der Waals surface area contributed by atoms with Crippen molar-refractivity contribution in [1.82, 2.24) is 9.80 Å². The van der Waals surface area contributed by atoms with E-state index in [1.807, 2.05) is 0 Å². The monoisotopic (exact) mass is 297 g/mol. The van der Waals surface area contributed by atoms with Crippen molar-refractivity contribution >= 4 is 29.1 Å². The van der Waals surface area contributed by atoms with Crippen LogP contribution in [0.15, 0.2) is 24.3 Å². The summed E-state index contributed by atoms with van der Waals surface area (Å²) in [6.45, 7) is 1.92. The van der Waals surface area contributed by atoms with Crippen LogP contribution in [0.4, 0.5) is 5.69 Å². The van der Waals surface area contributed by atoms with Gasteiger partial charge in [0.15, 0.2) is 0 Å². The van der Waals surface area contributed by atoms with E-state index in [0.717, 1.165) is 0 Å². The third-order valence-corrected chi connectivity index (χ3v) is 3.23. The molecule has 6 heteroatoms. The molecule has 0 fully saturated rings. The van der Waals surface area contributed by atoms with Crippen LogP contribution in [0, 0.1) is 0 Å². The number of carbonyl (C=O) groups excluding carboxylic acids is 2. The summed E-state index contributed by atoms with van der Waals surface area (Å²) in [6.07, 6.45) is 0. The second-order valence-corrected chi connectivity index (χ2v) is 5.32. The average molecular weight is 298 g/mol. The maximum atomic E-state index is 11.9. The van der Waals surface area contributed by atoms with Crippen molar-refractivity contribution in [2.24, 2.45) is 0 Å². The molecule has 1 atom stereocenters. The molecule has 20 heavy (non-hydrogen) atoms. The number of benzene rings is 1. The van der Waals surface area contributed by atoms with E-state index in [9.17, 15) is 9.59 Å². The predicted molar refractivity (Wildman–Crippen MR) is 80.9 cm³/mol. The van der Waals surface area contributed by atoms with Gasteiger partial charge in [-0.3, -0.25) is 14.5 Å². The lowest BCUT2D eigenvalue weighted by atomic mass is 10.2. The number of hydrogen-bond acceptors (Lipinski definition) is 3. The lowest BCUT2D eigenvalue weighted by Gasteiger charge is -2.25. The molecule has 1 aromatic carbocycles. The molecule has 0 heterocycles. The smallest absolute Gasteiger partial charge is 0.239 e. The molecule has 1 rings (SSSR count). The lowest BCUT2D eigenvalue weighted by Crippen LogP contribution is -2.45. The van der Waals surface area contributed by atoms with Crippen LogP contribution < -0.4 is 5.32 Å². The van der Waals surface area contributed by atoms with Crippen LogP contribution in [0.3, 0.4) is 0 Å². The Balaban J connectivity index is 2.53. The second kappa shape index (κ2) is 7.26. The van der Waals surface area contributed by atoms with E-state index in [2.05, 4.69) is 5.32 Å². The standard InChI is InChI=1S/C14H20ClN3O2/c1-10(14(20)17(2)3)18(4)9-13(19)16-12-7-5-11(15)6-8-12/h5-8,10H,9H2,1-4H3,(H,16,19)/t10-/m1/s1. The Morgan fingerprint density at radius 3 is 2.25 bits per heavy atom. The molecule has 0 aliphatic rings. The van der Waals surface area contributed by atoms with Gasteiger partial charge in [0.2, 0.25) is 11.8 Å². The summed E-state index contributed by atoms with van der Waals surface area (Å²) in [7, 11) is 5.13. The summed E-state index contributed by atoms with van der Waals surface area (Å²) in [5.74, 6) is -0.208. The van der Waals surface area contributed by atoms with Crippen molar-refractivity contribution in [3.63, 3.8) is 0 Å². The van der Waals surface area contributed by atoms with Crippen LogP contribution in [-0.4, -0.2) is 55.3 Å². The van der Waals surface area contributed by atoms with Crippen LogP contribution in [0.25, 0.3) is 0 Å². The molecule has 0 saturated heterocycles. The van der Waals surface area contributed by atoms with Gasteiger partial charge in [0.1, 0.15) is 0 Å². The number of anilines is 1. The Morgan fingerprint density at radius 1 is 1.20 bits per heavy atom. The minimum absolute atomic E-state index is 0.0354. The minimum Gasteiger partial charge on any atom is -0.347 e. The minimum atomic E-state index is -0.346. The third kappa shape index (κ3) is 4.83. The Morgan fingerprint density at radius 2 is 1.75 bits per heavy atom. The van der Waals surface area contributed by atoms with E-state index in [1.54, 1.807) is 57.2 Å². The third-order valence-electron chi connectivity index (χ3n) is 2.98. The summed E-state index contributed by atoms with van der Waals surface area (Å²) >= 11 is 5.78. The topological polar surface area (TPSA) is 52.7 Å². The number of likely N-dealkylation sites (N-methyl/N-ethyl adjacent to an activating group) is 2. The quantitative estimate of drug-likeness (QED) is 0.900. The molecule has 0 aromatic heterocycles.